The summed E-state index contributed by atoms with van der Waals surface area (Å²) < 4.78 is 5.75. The van der Waals surface area contributed by atoms with E-state index in [4.69, 9.17) is 33.7 Å². The molecule has 1 aliphatic rings. The lowest BCUT2D eigenvalue weighted by atomic mass is 10.1. The highest BCUT2D eigenvalue weighted by Crippen LogP contribution is 2.25. The lowest BCUT2D eigenvalue weighted by molar-refractivity contribution is -0.0679. The molecule has 0 radical (unpaired) electrons. The van der Waals surface area contributed by atoms with Gasteiger partial charge in [-0.15, -0.1) is 0 Å². The molecule has 0 amide bonds. The third-order valence-electron chi connectivity index (χ3n) is 4.20. The number of nitrogens with zero attached hydrogens (tertiary/aromatic N) is 2. The van der Waals surface area contributed by atoms with Crippen LogP contribution in [0.15, 0.2) is 23.2 Å². The lowest BCUT2D eigenvalue weighted by Crippen LogP contribution is -2.45. The third kappa shape index (κ3) is 6.66. The third-order valence-corrected chi connectivity index (χ3v) is 4.77. The first kappa shape index (κ1) is 20.3. The Balaban J connectivity index is 1.75. The molecule has 3 unspecified atom stereocenters. The lowest BCUT2D eigenvalue weighted by Gasteiger charge is -2.35. The SMILES string of the molecule is CC1CN(CCCN=C(N)NC(C)c2ccc(Cl)cc2Cl)CC(C)O1. The summed E-state index contributed by atoms with van der Waals surface area (Å²) in [6, 6.07) is 5.41. The van der Waals surface area contributed by atoms with Gasteiger partial charge in [0.2, 0.25) is 0 Å². The minimum atomic E-state index is -0.0329. The van der Waals surface area contributed by atoms with Gasteiger partial charge in [0.15, 0.2) is 5.96 Å². The number of hydrogen-bond donors (Lipinski definition) is 2. The molecule has 1 fully saturated rings. The van der Waals surface area contributed by atoms with E-state index in [-0.39, 0.29) is 6.04 Å². The molecule has 1 aliphatic heterocycles. The number of nitrogens with two attached hydrogens (primary N) is 1. The number of hydrogen-bond acceptors (Lipinski definition) is 3. The number of benzene rings is 1. The zero-order chi connectivity index (χ0) is 18.4. The van der Waals surface area contributed by atoms with E-state index in [9.17, 15) is 0 Å². The highest BCUT2D eigenvalue weighted by Gasteiger charge is 2.21. The van der Waals surface area contributed by atoms with Crippen molar-refractivity contribution in [1.82, 2.24) is 10.2 Å². The molecule has 3 atom stereocenters. The molecule has 1 aromatic carbocycles. The van der Waals surface area contributed by atoms with Crippen molar-refractivity contribution in [2.45, 2.75) is 45.4 Å². The summed E-state index contributed by atoms with van der Waals surface area (Å²) in [6.45, 7) is 9.89. The number of halogens is 2. The van der Waals surface area contributed by atoms with Gasteiger partial charge in [-0.25, -0.2) is 0 Å². The molecular formula is C18H28Cl2N4O. The fourth-order valence-electron chi connectivity index (χ4n) is 3.16. The predicted octanol–water partition coefficient (Wildman–Crippen LogP) is 3.46. The van der Waals surface area contributed by atoms with Crippen LogP contribution in [0.4, 0.5) is 0 Å². The molecule has 0 aliphatic carbocycles. The smallest absolute Gasteiger partial charge is 0.189 e. The summed E-state index contributed by atoms with van der Waals surface area (Å²) in [6.07, 6.45) is 1.56. The van der Waals surface area contributed by atoms with E-state index in [2.05, 4.69) is 29.1 Å². The Morgan fingerprint density at radius 1 is 1.36 bits per heavy atom. The van der Waals surface area contributed by atoms with E-state index in [0.29, 0.717) is 34.8 Å². The van der Waals surface area contributed by atoms with Gasteiger partial charge in [-0.1, -0.05) is 29.3 Å². The highest BCUT2D eigenvalue weighted by atomic mass is 35.5. The van der Waals surface area contributed by atoms with E-state index in [1.54, 1.807) is 6.07 Å². The summed E-state index contributed by atoms with van der Waals surface area (Å²) in [5.41, 5.74) is 6.94. The van der Waals surface area contributed by atoms with Crippen LogP contribution in [0.2, 0.25) is 10.0 Å². The zero-order valence-corrected chi connectivity index (χ0v) is 16.6. The van der Waals surface area contributed by atoms with Crippen LogP contribution in [-0.2, 0) is 4.74 Å². The van der Waals surface area contributed by atoms with Crippen LogP contribution < -0.4 is 11.1 Å². The van der Waals surface area contributed by atoms with Crippen molar-refractivity contribution in [2.75, 3.05) is 26.2 Å². The van der Waals surface area contributed by atoms with Gasteiger partial charge in [-0.05, 0) is 44.9 Å². The van der Waals surface area contributed by atoms with E-state index >= 15 is 0 Å². The average Bonchev–Trinajstić information content (AvgIpc) is 2.50. The molecule has 1 heterocycles. The van der Waals surface area contributed by atoms with Gasteiger partial charge < -0.3 is 15.8 Å². The van der Waals surface area contributed by atoms with Crippen molar-refractivity contribution in [3.63, 3.8) is 0 Å². The molecular weight excluding hydrogens is 359 g/mol. The summed E-state index contributed by atoms with van der Waals surface area (Å²) in [5.74, 6) is 0.433. The quantitative estimate of drug-likeness (QED) is 0.446. The van der Waals surface area contributed by atoms with Gasteiger partial charge in [-0.3, -0.25) is 9.89 Å². The van der Waals surface area contributed by atoms with Crippen LogP contribution in [0.3, 0.4) is 0 Å². The van der Waals surface area contributed by atoms with Crippen LogP contribution in [0.25, 0.3) is 0 Å². The zero-order valence-electron chi connectivity index (χ0n) is 15.1. The highest BCUT2D eigenvalue weighted by molar-refractivity contribution is 6.35. The first-order valence-corrected chi connectivity index (χ1v) is 9.50. The summed E-state index contributed by atoms with van der Waals surface area (Å²) in [4.78, 5) is 6.84. The first-order chi connectivity index (χ1) is 11.8. The summed E-state index contributed by atoms with van der Waals surface area (Å²) in [5, 5.41) is 4.42. The molecule has 1 saturated heterocycles. The van der Waals surface area contributed by atoms with Gasteiger partial charge in [0, 0.05) is 36.2 Å². The largest absolute Gasteiger partial charge is 0.373 e. The molecule has 2 rings (SSSR count). The molecule has 1 aromatic rings. The Labute approximate surface area is 160 Å². The van der Waals surface area contributed by atoms with E-state index < -0.39 is 0 Å². The second kappa shape index (κ2) is 9.62. The van der Waals surface area contributed by atoms with Gasteiger partial charge in [0.05, 0.1) is 18.2 Å². The Kier molecular flexibility index (Phi) is 7.81. The standard InChI is InChI=1S/C18H28Cl2N4O/c1-12-10-24(11-13(2)25-12)8-4-7-22-18(21)23-14(3)16-6-5-15(19)9-17(16)20/h5-6,9,12-14H,4,7-8,10-11H2,1-3H3,(H3,21,22,23). The maximum Gasteiger partial charge on any atom is 0.189 e. The Morgan fingerprint density at radius 2 is 2.04 bits per heavy atom. The maximum absolute atomic E-state index is 6.22. The van der Waals surface area contributed by atoms with Crippen LogP contribution in [0, 0.1) is 0 Å². The Morgan fingerprint density at radius 3 is 2.68 bits per heavy atom. The van der Waals surface area contributed by atoms with Crippen molar-refractivity contribution < 1.29 is 4.74 Å². The molecule has 0 aromatic heterocycles. The van der Waals surface area contributed by atoms with Crippen LogP contribution in [0.1, 0.15) is 38.8 Å². The van der Waals surface area contributed by atoms with Gasteiger partial charge >= 0.3 is 0 Å². The topological polar surface area (TPSA) is 62.9 Å². The van der Waals surface area contributed by atoms with Crippen molar-refractivity contribution in [1.29, 1.82) is 0 Å². The van der Waals surface area contributed by atoms with E-state index in [1.807, 2.05) is 19.1 Å². The van der Waals surface area contributed by atoms with Crippen LogP contribution in [-0.4, -0.2) is 49.2 Å². The molecule has 0 spiro atoms. The van der Waals surface area contributed by atoms with Gasteiger partial charge in [0.1, 0.15) is 0 Å². The minimum absolute atomic E-state index is 0.0329. The van der Waals surface area contributed by atoms with Crippen molar-refractivity contribution in [2.24, 2.45) is 10.7 Å². The summed E-state index contributed by atoms with van der Waals surface area (Å²) in [7, 11) is 0. The van der Waals surface area contributed by atoms with Gasteiger partial charge in [-0.2, -0.15) is 0 Å². The molecule has 0 saturated carbocycles. The number of aliphatic imine (C=N–C) groups is 1. The molecule has 25 heavy (non-hydrogen) atoms. The number of ether oxygens (including phenoxy) is 1. The van der Waals surface area contributed by atoms with Gasteiger partial charge in [0.25, 0.3) is 0 Å². The molecule has 3 N–H and O–H groups in total. The maximum atomic E-state index is 6.22. The molecule has 0 bridgehead atoms. The second-order valence-electron chi connectivity index (χ2n) is 6.67. The summed E-state index contributed by atoms with van der Waals surface area (Å²) >= 11 is 12.2. The van der Waals surface area contributed by atoms with Crippen LogP contribution >= 0.6 is 23.2 Å². The fourth-order valence-corrected chi connectivity index (χ4v) is 3.73. The Bertz CT molecular complexity index is 586. The van der Waals surface area contributed by atoms with Crippen molar-refractivity contribution >= 4 is 29.2 Å². The number of rotatable bonds is 6. The van der Waals surface area contributed by atoms with Crippen molar-refractivity contribution in [3.05, 3.63) is 33.8 Å². The molecule has 140 valence electrons. The molecule has 5 nitrogen and oxygen atoms in total. The predicted molar refractivity (Wildman–Crippen MR) is 106 cm³/mol. The first-order valence-electron chi connectivity index (χ1n) is 8.74. The Hall–Kier alpha value is -1.01. The fraction of sp³-hybridized carbons (Fsp3) is 0.611. The van der Waals surface area contributed by atoms with Crippen molar-refractivity contribution in [3.8, 4) is 0 Å². The molecule has 7 heteroatoms. The number of morpholine rings is 1. The van der Waals surface area contributed by atoms with E-state index in [0.717, 1.165) is 31.6 Å². The van der Waals surface area contributed by atoms with E-state index in [1.165, 1.54) is 0 Å². The monoisotopic (exact) mass is 386 g/mol. The van der Waals surface area contributed by atoms with Crippen LogP contribution in [0.5, 0.6) is 0 Å². The average molecular weight is 387 g/mol. The number of nitrogens with one attached hydrogen (secondary N) is 1. The number of guanidine groups is 1. The minimum Gasteiger partial charge on any atom is -0.373 e. The normalized spacial score (nSPS) is 23.5. The second-order valence-corrected chi connectivity index (χ2v) is 7.51.